The molecule has 0 radical (unpaired) electrons. The standard InChI is InChI=1S/C20H15N5O7/c1-2-11-21-18(26)22(12-14-3-7-16(8-4-14)24(29)30)20(28)23(19(21)27)13-15-5-9-17(10-6-15)25(31)32/h3-11H,1,12-13H2. The molecule has 0 atom stereocenters. The fraction of sp³-hybridized carbons (Fsp3) is 0.100. The highest BCUT2D eigenvalue weighted by Gasteiger charge is 2.16. The number of aromatic nitrogens is 3. The zero-order chi connectivity index (χ0) is 23.4. The lowest BCUT2D eigenvalue weighted by Crippen LogP contribution is -2.53. The Kier molecular flexibility index (Phi) is 6.08. The third-order valence-electron chi connectivity index (χ3n) is 4.53. The van der Waals surface area contributed by atoms with Crippen molar-refractivity contribution in [2.24, 2.45) is 0 Å². The van der Waals surface area contributed by atoms with Gasteiger partial charge in [0.25, 0.3) is 11.4 Å². The third kappa shape index (κ3) is 4.35. The zero-order valence-electron chi connectivity index (χ0n) is 16.4. The molecule has 0 bridgehead atoms. The molecule has 0 fully saturated rings. The van der Waals surface area contributed by atoms with Crippen LogP contribution >= 0.6 is 0 Å². The Hall–Kier alpha value is -4.83. The van der Waals surface area contributed by atoms with Crippen molar-refractivity contribution in [3.05, 3.63) is 124 Å². The average molecular weight is 437 g/mol. The van der Waals surface area contributed by atoms with Crippen molar-refractivity contribution in [1.82, 2.24) is 13.7 Å². The van der Waals surface area contributed by atoms with Gasteiger partial charge in [0.15, 0.2) is 0 Å². The second-order valence-electron chi connectivity index (χ2n) is 6.57. The highest BCUT2D eigenvalue weighted by molar-refractivity contribution is 5.34. The fourth-order valence-electron chi connectivity index (χ4n) is 2.93. The van der Waals surface area contributed by atoms with E-state index >= 15 is 0 Å². The zero-order valence-corrected chi connectivity index (χ0v) is 16.4. The predicted molar refractivity (Wildman–Crippen MR) is 114 cm³/mol. The molecule has 3 aromatic rings. The Morgan fingerprint density at radius 2 is 1.12 bits per heavy atom. The van der Waals surface area contributed by atoms with Gasteiger partial charge < -0.3 is 0 Å². The molecule has 0 saturated carbocycles. The van der Waals surface area contributed by atoms with E-state index in [-0.39, 0.29) is 24.5 Å². The second kappa shape index (κ2) is 8.90. The van der Waals surface area contributed by atoms with Gasteiger partial charge in [0.1, 0.15) is 0 Å². The van der Waals surface area contributed by atoms with Crippen LogP contribution in [0.2, 0.25) is 0 Å². The number of nitro groups is 2. The second-order valence-corrected chi connectivity index (χ2v) is 6.57. The van der Waals surface area contributed by atoms with Crippen LogP contribution in [0.1, 0.15) is 11.1 Å². The molecular formula is C20H15N5O7. The summed E-state index contributed by atoms with van der Waals surface area (Å²) in [5, 5.41) is 21.6. The van der Waals surface area contributed by atoms with Crippen LogP contribution in [0.25, 0.3) is 6.20 Å². The summed E-state index contributed by atoms with van der Waals surface area (Å²) in [5.74, 6) is 0. The maximum Gasteiger partial charge on any atom is 0.341 e. The van der Waals surface area contributed by atoms with Gasteiger partial charge in [0.2, 0.25) is 0 Å². The molecule has 0 amide bonds. The lowest BCUT2D eigenvalue weighted by molar-refractivity contribution is -0.385. The van der Waals surface area contributed by atoms with E-state index in [1.54, 1.807) is 0 Å². The van der Waals surface area contributed by atoms with E-state index in [4.69, 9.17) is 0 Å². The minimum Gasteiger partial charge on any atom is -0.258 e. The molecule has 0 N–H and O–H groups in total. The Bertz CT molecular complexity index is 1330. The summed E-state index contributed by atoms with van der Waals surface area (Å²) >= 11 is 0. The molecule has 0 spiro atoms. The highest BCUT2D eigenvalue weighted by Crippen LogP contribution is 2.13. The van der Waals surface area contributed by atoms with Gasteiger partial charge in [-0.05, 0) is 11.1 Å². The molecule has 0 unspecified atom stereocenters. The van der Waals surface area contributed by atoms with E-state index in [1.807, 2.05) is 0 Å². The quantitative estimate of drug-likeness (QED) is 0.307. The van der Waals surface area contributed by atoms with Gasteiger partial charge >= 0.3 is 17.1 Å². The van der Waals surface area contributed by atoms with Crippen molar-refractivity contribution >= 4 is 17.6 Å². The molecule has 0 saturated heterocycles. The first-order valence-electron chi connectivity index (χ1n) is 9.01. The lowest BCUT2D eigenvalue weighted by atomic mass is 10.2. The number of hydrogen-bond donors (Lipinski definition) is 0. The Labute approximate surface area is 178 Å². The van der Waals surface area contributed by atoms with E-state index < -0.39 is 26.9 Å². The van der Waals surface area contributed by atoms with Gasteiger partial charge in [-0.15, -0.1) is 5.73 Å². The van der Waals surface area contributed by atoms with Gasteiger partial charge in [0.05, 0.1) is 29.1 Å². The van der Waals surface area contributed by atoms with Crippen LogP contribution in [-0.4, -0.2) is 23.5 Å². The summed E-state index contributed by atoms with van der Waals surface area (Å²) in [5.41, 5.74) is 0.0625. The molecule has 1 heterocycles. The Morgan fingerprint density at radius 3 is 1.44 bits per heavy atom. The average Bonchev–Trinajstić information content (AvgIpc) is 2.78. The summed E-state index contributed by atoms with van der Waals surface area (Å²) in [7, 11) is 0. The summed E-state index contributed by atoms with van der Waals surface area (Å²) in [6.07, 6.45) is 0.989. The molecule has 12 heteroatoms. The summed E-state index contributed by atoms with van der Waals surface area (Å²) in [6.45, 7) is 2.84. The molecule has 12 nitrogen and oxygen atoms in total. The van der Waals surface area contributed by atoms with Gasteiger partial charge in [-0.3, -0.25) is 20.2 Å². The van der Waals surface area contributed by atoms with Crippen LogP contribution in [0.4, 0.5) is 11.4 Å². The van der Waals surface area contributed by atoms with Crippen molar-refractivity contribution in [2.75, 3.05) is 0 Å². The minimum absolute atomic E-state index is 0.156. The van der Waals surface area contributed by atoms with Crippen molar-refractivity contribution in [3.8, 4) is 0 Å². The largest absolute Gasteiger partial charge is 0.341 e. The number of benzene rings is 2. The van der Waals surface area contributed by atoms with Gasteiger partial charge in [0, 0.05) is 24.3 Å². The maximum atomic E-state index is 13.0. The molecule has 0 aliphatic heterocycles. The van der Waals surface area contributed by atoms with E-state index in [9.17, 15) is 34.6 Å². The molecule has 0 aliphatic carbocycles. The number of non-ortho nitro benzene ring substituents is 2. The molecule has 2 aromatic carbocycles. The Morgan fingerprint density at radius 1 is 0.750 bits per heavy atom. The van der Waals surface area contributed by atoms with E-state index in [2.05, 4.69) is 12.3 Å². The minimum atomic E-state index is -0.936. The van der Waals surface area contributed by atoms with Crippen LogP contribution in [0.5, 0.6) is 0 Å². The normalized spacial score (nSPS) is 10.4. The fourth-order valence-corrected chi connectivity index (χ4v) is 2.93. The van der Waals surface area contributed by atoms with Gasteiger partial charge in [-0.25, -0.2) is 28.1 Å². The number of hydrogen-bond acceptors (Lipinski definition) is 7. The summed E-state index contributed by atoms with van der Waals surface area (Å²) in [6, 6.07) is 10.5. The van der Waals surface area contributed by atoms with Gasteiger partial charge in [-0.1, -0.05) is 30.8 Å². The molecule has 0 aliphatic rings. The SMILES string of the molecule is C=C=Cn1c(=O)n(Cc2ccc([N+](=O)[O-])cc2)c(=O)n(Cc2ccc([N+](=O)[O-])cc2)c1=O. The van der Waals surface area contributed by atoms with Crippen molar-refractivity contribution < 1.29 is 9.85 Å². The third-order valence-corrected chi connectivity index (χ3v) is 4.53. The predicted octanol–water partition coefficient (Wildman–Crippen LogP) is 1.34. The van der Waals surface area contributed by atoms with Crippen molar-refractivity contribution in [1.29, 1.82) is 0 Å². The van der Waals surface area contributed by atoms with Crippen LogP contribution in [-0.2, 0) is 13.1 Å². The van der Waals surface area contributed by atoms with E-state index in [1.165, 1.54) is 48.5 Å². The number of rotatable bonds is 7. The molecule has 3 rings (SSSR count). The first kappa shape index (κ1) is 21.9. The van der Waals surface area contributed by atoms with Gasteiger partial charge in [-0.2, -0.15) is 0 Å². The summed E-state index contributed by atoms with van der Waals surface area (Å²) in [4.78, 5) is 58.9. The van der Waals surface area contributed by atoms with Crippen LogP contribution in [0.15, 0.2) is 75.2 Å². The molecular weight excluding hydrogens is 422 g/mol. The monoisotopic (exact) mass is 437 g/mol. The first-order chi connectivity index (χ1) is 15.2. The van der Waals surface area contributed by atoms with Crippen molar-refractivity contribution in [3.63, 3.8) is 0 Å². The first-order valence-corrected chi connectivity index (χ1v) is 9.01. The lowest BCUT2D eigenvalue weighted by Gasteiger charge is -2.12. The maximum absolute atomic E-state index is 13.0. The number of nitro benzene ring substituents is 2. The summed E-state index contributed by atoms with van der Waals surface area (Å²) < 4.78 is 2.24. The van der Waals surface area contributed by atoms with Crippen LogP contribution in [0.3, 0.4) is 0 Å². The molecule has 1 aromatic heterocycles. The molecule has 32 heavy (non-hydrogen) atoms. The van der Waals surface area contributed by atoms with Crippen LogP contribution < -0.4 is 17.1 Å². The van der Waals surface area contributed by atoms with Crippen molar-refractivity contribution in [2.45, 2.75) is 13.1 Å². The van der Waals surface area contributed by atoms with E-state index in [0.29, 0.717) is 15.7 Å². The molecule has 162 valence electrons. The van der Waals surface area contributed by atoms with E-state index in [0.717, 1.165) is 15.3 Å². The Balaban J connectivity index is 2.10. The number of nitrogens with zero attached hydrogens (tertiary/aromatic N) is 5. The highest BCUT2D eigenvalue weighted by atomic mass is 16.6. The topological polar surface area (TPSA) is 152 Å². The smallest absolute Gasteiger partial charge is 0.258 e. The van der Waals surface area contributed by atoms with Crippen LogP contribution in [0, 0.1) is 20.2 Å².